The Morgan fingerprint density at radius 2 is 1.90 bits per heavy atom. The number of ether oxygens (including phenoxy) is 1. The Balaban J connectivity index is 0. The van der Waals surface area contributed by atoms with Crippen LogP contribution in [0.3, 0.4) is 0 Å². The molecule has 4 heteroatoms. The average Bonchev–Trinajstić information content (AvgIpc) is 1.62. The SMILES string of the molecule is CC(=O)OC(C)C.NC=O. The first-order valence-electron chi connectivity index (χ1n) is 2.87. The van der Waals surface area contributed by atoms with Gasteiger partial charge < -0.3 is 10.5 Å². The molecule has 0 fully saturated rings. The van der Waals surface area contributed by atoms with Crippen LogP contribution in [0.4, 0.5) is 0 Å². The normalized spacial score (nSPS) is 7.60. The lowest BCUT2D eigenvalue weighted by molar-refractivity contribution is -0.144. The van der Waals surface area contributed by atoms with Crippen molar-refractivity contribution in [1.29, 1.82) is 0 Å². The van der Waals surface area contributed by atoms with Gasteiger partial charge in [0.1, 0.15) is 0 Å². The molecule has 0 saturated carbocycles. The van der Waals surface area contributed by atoms with Crippen molar-refractivity contribution in [2.45, 2.75) is 26.9 Å². The molecule has 4 nitrogen and oxygen atoms in total. The van der Waals surface area contributed by atoms with Crippen LogP contribution in [0.1, 0.15) is 20.8 Å². The van der Waals surface area contributed by atoms with Crippen LogP contribution in [0, 0.1) is 0 Å². The van der Waals surface area contributed by atoms with Crippen LogP contribution in [0.2, 0.25) is 0 Å². The summed E-state index contributed by atoms with van der Waals surface area (Å²) in [5.74, 6) is -0.213. The summed E-state index contributed by atoms with van der Waals surface area (Å²) in [6.45, 7) is 5.04. The Hall–Kier alpha value is -1.06. The van der Waals surface area contributed by atoms with E-state index in [1.165, 1.54) is 6.92 Å². The molecule has 0 aromatic carbocycles. The van der Waals surface area contributed by atoms with Crippen LogP contribution in [-0.2, 0) is 14.3 Å². The van der Waals surface area contributed by atoms with E-state index in [1.54, 1.807) is 0 Å². The van der Waals surface area contributed by atoms with Crippen LogP contribution in [0.5, 0.6) is 0 Å². The Morgan fingerprint density at radius 1 is 1.60 bits per heavy atom. The van der Waals surface area contributed by atoms with Crippen molar-refractivity contribution in [3.8, 4) is 0 Å². The van der Waals surface area contributed by atoms with E-state index in [2.05, 4.69) is 10.5 Å². The van der Waals surface area contributed by atoms with Crippen LogP contribution in [0.25, 0.3) is 0 Å². The minimum Gasteiger partial charge on any atom is -0.463 e. The first-order valence-corrected chi connectivity index (χ1v) is 2.87. The lowest BCUT2D eigenvalue weighted by atomic mass is 10.5. The number of hydrogen-bond acceptors (Lipinski definition) is 3. The van der Waals surface area contributed by atoms with E-state index in [4.69, 9.17) is 4.79 Å². The van der Waals surface area contributed by atoms with Gasteiger partial charge in [0.2, 0.25) is 6.41 Å². The van der Waals surface area contributed by atoms with Gasteiger partial charge in [0.25, 0.3) is 0 Å². The van der Waals surface area contributed by atoms with Crippen molar-refractivity contribution in [2.75, 3.05) is 0 Å². The molecule has 0 aromatic heterocycles. The molecule has 1 amide bonds. The molecule has 0 radical (unpaired) electrons. The van der Waals surface area contributed by atoms with E-state index in [0.29, 0.717) is 0 Å². The number of esters is 1. The fourth-order valence-electron chi connectivity index (χ4n) is 0.332. The first kappa shape index (κ1) is 11.7. The van der Waals surface area contributed by atoms with Crippen molar-refractivity contribution in [3.05, 3.63) is 0 Å². The van der Waals surface area contributed by atoms with Gasteiger partial charge in [-0.1, -0.05) is 0 Å². The molecule has 0 rings (SSSR count). The molecule has 0 aromatic rings. The Bertz CT molecular complexity index is 101. The summed E-state index contributed by atoms with van der Waals surface area (Å²) in [5.41, 5.74) is 4.17. The summed E-state index contributed by atoms with van der Waals surface area (Å²) >= 11 is 0. The van der Waals surface area contributed by atoms with Crippen LogP contribution >= 0.6 is 0 Å². The van der Waals surface area contributed by atoms with Crippen molar-refractivity contribution >= 4 is 12.4 Å². The monoisotopic (exact) mass is 147 g/mol. The lowest BCUT2D eigenvalue weighted by Crippen LogP contribution is -2.06. The van der Waals surface area contributed by atoms with Crippen molar-refractivity contribution in [2.24, 2.45) is 5.73 Å². The predicted molar refractivity (Wildman–Crippen MR) is 37.2 cm³/mol. The number of amides is 1. The highest BCUT2D eigenvalue weighted by Gasteiger charge is 1.93. The van der Waals surface area contributed by atoms with E-state index < -0.39 is 0 Å². The van der Waals surface area contributed by atoms with E-state index in [9.17, 15) is 4.79 Å². The molecule has 2 N–H and O–H groups in total. The molecule has 0 atom stereocenters. The van der Waals surface area contributed by atoms with E-state index >= 15 is 0 Å². The average molecular weight is 147 g/mol. The van der Waals surface area contributed by atoms with Gasteiger partial charge in [-0.15, -0.1) is 0 Å². The van der Waals surface area contributed by atoms with E-state index in [1.807, 2.05) is 13.8 Å². The summed E-state index contributed by atoms with van der Waals surface area (Å²) < 4.78 is 4.61. The van der Waals surface area contributed by atoms with Gasteiger partial charge in [0.05, 0.1) is 6.10 Å². The molecule has 0 bridgehead atoms. The van der Waals surface area contributed by atoms with Gasteiger partial charge in [-0.25, -0.2) is 0 Å². The van der Waals surface area contributed by atoms with Crippen molar-refractivity contribution in [3.63, 3.8) is 0 Å². The minimum absolute atomic E-state index is 0.0255. The van der Waals surface area contributed by atoms with Gasteiger partial charge in [-0.2, -0.15) is 0 Å². The second-order valence-corrected chi connectivity index (χ2v) is 1.79. The summed E-state index contributed by atoms with van der Waals surface area (Å²) in [6.07, 6.45) is 0.275. The molecule has 0 saturated heterocycles. The summed E-state index contributed by atoms with van der Waals surface area (Å²) in [7, 11) is 0. The van der Waals surface area contributed by atoms with E-state index in [0.717, 1.165) is 0 Å². The second kappa shape index (κ2) is 7.94. The number of primary amides is 1. The second-order valence-electron chi connectivity index (χ2n) is 1.79. The standard InChI is InChI=1S/C5H10O2.CH3NO/c1-4(2)7-5(3)6;2-1-3/h4H,1-3H3;1H,(H2,2,3). The van der Waals surface area contributed by atoms with Crippen molar-refractivity contribution < 1.29 is 14.3 Å². The molecule has 0 aliphatic rings. The Labute approximate surface area is 60.3 Å². The quantitative estimate of drug-likeness (QED) is 0.421. The molecule has 0 heterocycles. The molecule has 0 spiro atoms. The van der Waals surface area contributed by atoms with E-state index in [-0.39, 0.29) is 18.5 Å². The maximum absolute atomic E-state index is 10.0. The fourth-order valence-corrected chi connectivity index (χ4v) is 0.332. The summed E-state index contributed by atoms with van der Waals surface area (Å²) in [4.78, 5) is 18.6. The molecule has 10 heavy (non-hydrogen) atoms. The van der Waals surface area contributed by atoms with Gasteiger partial charge in [-0.3, -0.25) is 9.59 Å². The smallest absolute Gasteiger partial charge is 0.302 e. The summed E-state index contributed by atoms with van der Waals surface area (Å²) in [5, 5.41) is 0. The molecule has 0 unspecified atom stereocenters. The Kier molecular flexibility index (Phi) is 9.29. The third kappa shape index (κ3) is 28.3. The zero-order valence-electron chi connectivity index (χ0n) is 6.46. The first-order chi connectivity index (χ1) is 4.54. The molecule has 60 valence electrons. The lowest BCUT2D eigenvalue weighted by Gasteiger charge is -2.01. The highest BCUT2D eigenvalue weighted by Crippen LogP contribution is 1.85. The third-order valence-electron chi connectivity index (χ3n) is 0.402. The van der Waals surface area contributed by atoms with Crippen LogP contribution in [0.15, 0.2) is 0 Å². The van der Waals surface area contributed by atoms with Crippen LogP contribution in [-0.4, -0.2) is 18.5 Å². The van der Waals surface area contributed by atoms with Gasteiger partial charge in [0.15, 0.2) is 0 Å². The number of carbonyl (C=O) groups excluding carboxylic acids is 2. The minimum atomic E-state index is -0.213. The number of nitrogens with two attached hydrogens (primary N) is 1. The molecule has 0 aliphatic carbocycles. The molecular formula is C6H13NO3. The van der Waals surface area contributed by atoms with Gasteiger partial charge in [-0.05, 0) is 13.8 Å². The highest BCUT2D eigenvalue weighted by atomic mass is 16.5. The maximum atomic E-state index is 10.0. The zero-order valence-corrected chi connectivity index (χ0v) is 6.46. The molecular weight excluding hydrogens is 134 g/mol. The summed E-state index contributed by atoms with van der Waals surface area (Å²) in [6, 6.07) is 0. The third-order valence-corrected chi connectivity index (χ3v) is 0.402. The maximum Gasteiger partial charge on any atom is 0.302 e. The largest absolute Gasteiger partial charge is 0.463 e. The number of hydrogen-bond donors (Lipinski definition) is 1. The highest BCUT2D eigenvalue weighted by molar-refractivity contribution is 5.66. The van der Waals surface area contributed by atoms with Crippen LogP contribution < -0.4 is 5.73 Å². The topological polar surface area (TPSA) is 69.4 Å². The number of rotatable bonds is 1. The molecule has 0 aliphatic heterocycles. The zero-order chi connectivity index (χ0) is 8.57. The van der Waals surface area contributed by atoms with Gasteiger partial charge >= 0.3 is 5.97 Å². The van der Waals surface area contributed by atoms with Crippen molar-refractivity contribution in [1.82, 2.24) is 0 Å². The van der Waals surface area contributed by atoms with Gasteiger partial charge in [0, 0.05) is 6.92 Å². The predicted octanol–water partition coefficient (Wildman–Crippen LogP) is 0.0594. The Morgan fingerprint density at radius 3 is 1.90 bits per heavy atom. The number of carbonyl (C=O) groups is 2. The fraction of sp³-hybridized carbons (Fsp3) is 0.667.